The molecule has 0 bridgehead atoms. The molecule has 0 atom stereocenters. The van der Waals surface area contributed by atoms with Crippen LogP contribution in [0.4, 0.5) is 5.69 Å². The molecule has 1 aromatic rings. The van der Waals surface area contributed by atoms with E-state index in [1.807, 2.05) is 4.90 Å². The van der Waals surface area contributed by atoms with Gasteiger partial charge in [0.2, 0.25) is 5.91 Å². The van der Waals surface area contributed by atoms with Crippen molar-refractivity contribution < 1.29 is 14.6 Å². The summed E-state index contributed by atoms with van der Waals surface area (Å²) in [5, 5.41) is 10.7. The van der Waals surface area contributed by atoms with Crippen molar-refractivity contribution >= 4 is 11.6 Å². The van der Waals surface area contributed by atoms with Crippen LogP contribution in [0.2, 0.25) is 0 Å². The number of benzene rings is 1. The maximum absolute atomic E-state index is 13.1. The summed E-state index contributed by atoms with van der Waals surface area (Å²) < 4.78 is 5.12. The van der Waals surface area contributed by atoms with Gasteiger partial charge in [0.05, 0.1) is 17.6 Å². The molecule has 1 spiro atoms. The van der Waals surface area contributed by atoms with Crippen LogP contribution in [0.1, 0.15) is 57.4 Å². The first kappa shape index (κ1) is 18.4. The van der Waals surface area contributed by atoms with E-state index in [-0.39, 0.29) is 11.3 Å². The molecule has 1 aromatic carbocycles. The van der Waals surface area contributed by atoms with Crippen LogP contribution in [-0.4, -0.2) is 36.9 Å². The first-order chi connectivity index (χ1) is 12.0. The Balaban J connectivity index is 1.66. The largest absolute Gasteiger partial charge is 0.390 e. The number of anilines is 1. The number of ether oxygens (including phenoxy) is 1. The molecule has 1 aliphatic heterocycles. The monoisotopic (exact) mass is 345 g/mol. The summed E-state index contributed by atoms with van der Waals surface area (Å²) in [6.45, 7) is 3.62. The van der Waals surface area contributed by atoms with E-state index in [2.05, 4.69) is 31.2 Å². The van der Waals surface area contributed by atoms with Crippen LogP contribution in [-0.2, 0) is 16.0 Å². The average Bonchev–Trinajstić information content (AvgIpc) is 2.94. The maximum atomic E-state index is 13.1. The molecule has 0 aromatic heterocycles. The molecule has 25 heavy (non-hydrogen) atoms. The van der Waals surface area contributed by atoms with Crippen LogP contribution in [0.5, 0.6) is 0 Å². The lowest BCUT2D eigenvalue weighted by Gasteiger charge is -2.41. The first-order valence-corrected chi connectivity index (χ1v) is 9.64. The molecule has 1 heterocycles. The maximum Gasteiger partial charge on any atom is 0.233 e. The van der Waals surface area contributed by atoms with E-state index in [0.717, 1.165) is 63.6 Å². The van der Waals surface area contributed by atoms with Gasteiger partial charge in [-0.15, -0.1) is 0 Å². The molecule has 0 radical (unpaired) electrons. The van der Waals surface area contributed by atoms with Gasteiger partial charge in [0.15, 0.2) is 0 Å². The summed E-state index contributed by atoms with van der Waals surface area (Å²) in [5.41, 5.74) is 1.44. The lowest BCUT2D eigenvalue weighted by Crippen LogP contribution is -2.43. The zero-order valence-corrected chi connectivity index (χ0v) is 15.6. The smallest absolute Gasteiger partial charge is 0.233 e. The van der Waals surface area contributed by atoms with Gasteiger partial charge >= 0.3 is 0 Å². The summed E-state index contributed by atoms with van der Waals surface area (Å²) in [5.74, 6) is 0.260. The molecule has 1 amide bonds. The SMILES string of the molecule is CCCC1(O)CCC2(CCN(c3ccc(CCOC)cc3)C2=O)CC1. The highest BCUT2D eigenvalue weighted by Crippen LogP contribution is 2.49. The molecule has 4 heteroatoms. The molecule has 1 saturated carbocycles. The zero-order chi connectivity index (χ0) is 17.9. The molecule has 1 saturated heterocycles. The Labute approximate surface area is 151 Å². The second kappa shape index (κ2) is 7.46. The second-order valence-electron chi connectivity index (χ2n) is 7.87. The molecular formula is C21H31NO3. The van der Waals surface area contributed by atoms with Gasteiger partial charge in [-0.3, -0.25) is 4.79 Å². The fourth-order valence-electron chi connectivity index (χ4n) is 4.50. The van der Waals surface area contributed by atoms with Gasteiger partial charge in [-0.05, 0) is 62.6 Å². The standard InChI is InChI=1S/C21H31NO3/c1-3-9-21(24)12-10-20(11-13-21)14-15-22(19(20)23)18-6-4-17(5-7-18)8-16-25-2/h4-7,24H,3,8-16H2,1-2H3. The van der Waals surface area contributed by atoms with Crippen molar-refractivity contribution in [1.29, 1.82) is 0 Å². The minimum Gasteiger partial charge on any atom is -0.390 e. The minimum absolute atomic E-state index is 0.241. The lowest BCUT2D eigenvalue weighted by molar-refractivity contribution is -0.130. The molecule has 3 rings (SSSR count). The molecule has 2 aliphatic rings. The number of rotatable bonds is 6. The molecule has 138 valence electrons. The lowest BCUT2D eigenvalue weighted by atomic mass is 9.67. The Morgan fingerprint density at radius 1 is 1.12 bits per heavy atom. The topological polar surface area (TPSA) is 49.8 Å². The quantitative estimate of drug-likeness (QED) is 0.855. The summed E-state index contributed by atoms with van der Waals surface area (Å²) in [6, 6.07) is 8.29. The van der Waals surface area contributed by atoms with Crippen molar-refractivity contribution in [3.8, 4) is 0 Å². The van der Waals surface area contributed by atoms with Gasteiger partial charge in [-0.2, -0.15) is 0 Å². The number of methoxy groups -OCH3 is 1. The van der Waals surface area contributed by atoms with Crippen molar-refractivity contribution in [3.63, 3.8) is 0 Å². The number of aliphatic hydroxyl groups is 1. The molecule has 4 nitrogen and oxygen atoms in total. The number of carbonyl (C=O) groups is 1. The van der Waals surface area contributed by atoms with Gasteiger partial charge in [0.25, 0.3) is 0 Å². The summed E-state index contributed by atoms with van der Waals surface area (Å²) in [6.07, 6.45) is 6.83. The number of hydrogen-bond donors (Lipinski definition) is 1. The third kappa shape index (κ3) is 3.75. The predicted molar refractivity (Wildman–Crippen MR) is 99.8 cm³/mol. The van der Waals surface area contributed by atoms with Crippen LogP contribution in [0.3, 0.4) is 0 Å². The highest BCUT2D eigenvalue weighted by atomic mass is 16.5. The highest BCUT2D eigenvalue weighted by molar-refractivity contribution is 6.00. The first-order valence-electron chi connectivity index (χ1n) is 9.64. The molecule has 2 fully saturated rings. The van der Waals surface area contributed by atoms with E-state index in [1.54, 1.807) is 7.11 Å². The van der Waals surface area contributed by atoms with Gasteiger partial charge < -0.3 is 14.7 Å². The normalized spacial score (nSPS) is 29.6. The fraction of sp³-hybridized carbons (Fsp3) is 0.667. The van der Waals surface area contributed by atoms with E-state index in [9.17, 15) is 9.90 Å². The Bertz CT molecular complexity index is 588. The third-order valence-electron chi connectivity index (χ3n) is 6.21. The average molecular weight is 345 g/mol. The van der Waals surface area contributed by atoms with Crippen LogP contribution < -0.4 is 4.90 Å². The van der Waals surface area contributed by atoms with Crippen LogP contribution in [0.15, 0.2) is 24.3 Å². The number of nitrogens with zero attached hydrogens (tertiary/aromatic N) is 1. The highest BCUT2D eigenvalue weighted by Gasteiger charge is 2.51. The Kier molecular flexibility index (Phi) is 5.49. The Morgan fingerprint density at radius 3 is 2.40 bits per heavy atom. The number of amides is 1. The molecule has 1 N–H and O–H groups in total. The minimum atomic E-state index is -0.545. The number of carbonyl (C=O) groups excluding carboxylic acids is 1. The van der Waals surface area contributed by atoms with Crippen molar-refractivity contribution in [2.24, 2.45) is 5.41 Å². The van der Waals surface area contributed by atoms with Gasteiger partial charge in [-0.1, -0.05) is 25.5 Å². The number of hydrogen-bond acceptors (Lipinski definition) is 3. The van der Waals surface area contributed by atoms with Crippen molar-refractivity contribution in [2.75, 3.05) is 25.2 Å². The van der Waals surface area contributed by atoms with E-state index in [0.29, 0.717) is 6.61 Å². The Hall–Kier alpha value is -1.39. The third-order valence-corrected chi connectivity index (χ3v) is 6.21. The summed E-state index contributed by atoms with van der Waals surface area (Å²) in [7, 11) is 1.71. The predicted octanol–water partition coefficient (Wildman–Crippen LogP) is 3.70. The van der Waals surface area contributed by atoms with Crippen molar-refractivity contribution in [1.82, 2.24) is 0 Å². The Morgan fingerprint density at radius 2 is 1.80 bits per heavy atom. The molecular weight excluding hydrogens is 314 g/mol. The fourth-order valence-corrected chi connectivity index (χ4v) is 4.50. The van der Waals surface area contributed by atoms with E-state index in [4.69, 9.17) is 4.74 Å². The van der Waals surface area contributed by atoms with Gasteiger partial charge in [0.1, 0.15) is 0 Å². The van der Waals surface area contributed by atoms with Crippen LogP contribution in [0.25, 0.3) is 0 Å². The van der Waals surface area contributed by atoms with E-state index >= 15 is 0 Å². The molecule has 1 aliphatic carbocycles. The van der Waals surface area contributed by atoms with Crippen LogP contribution in [0, 0.1) is 5.41 Å². The summed E-state index contributed by atoms with van der Waals surface area (Å²) in [4.78, 5) is 15.1. The van der Waals surface area contributed by atoms with Crippen molar-refractivity contribution in [2.45, 2.75) is 63.9 Å². The van der Waals surface area contributed by atoms with Crippen molar-refractivity contribution in [3.05, 3.63) is 29.8 Å². The zero-order valence-electron chi connectivity index (χ0n) is 15.6. The van der Waals surface area contributed by atoms with Crippen LogP contribution >= 0.6 is 0 Å². The van der Waals surface area contributed by atoms with Gasteiger partial charge in [0, 0.05) is 19.3 Å². The molecule has 0 unspecified atom stereocenters. The van der Waals surface area contributed by atoms with E-state index < -0.39 is 5.60 Å². The van der Waals surface area contributed by atoms with E-state index in [1.165, 1.54) is 5.56 Å². The second-order valence-corrected chi connectivity index (χ2v) is 7.87. The summed E-state index contributed by atoms with van der Waals surface area (Å²) >= 11 is 0. The van der Waals surface area contributed by atoms with Gasteiger partial charge in [-0.25, -0.2) is 0 Å².